The number of likely N-dealkylation sites (tertiary alicyclic amines) is 1. The Morgan fingerprint density at radius 2 is 2.24 bits per heavy atom. The fourth-order valence-electron chi connectivity index (χ4n) is 2.25. The second-order valence-corrected chi connectivity index (χ2v) is 4.98. The molecule has 100 valence electrons. The minimum Gasteiger partial charge on any atom is -0.338 e. The van der Waals surface area contributed by atoms with Crippen molar-refractivity contribution in [3.05, 3.63) is 0 Å². The Bertz CT molecular complexity index is 233. The molecule has 1 unspecified atom stereocenters. The van der Waals surface area contributed by atoms with Gasteiger partial charge >= 0.3 is 6.03 Å². The predicted octanol–water partition coefficient (Wildman–Crippen LogP) is 1.91. The minimum atomic E-state index is 0.0409. The maximum atomic E-state index is 11.5. The van der Waals surface area contributed by atoms with Crippen LogP contribution in [0, 0.1) is 0 Å². The van der Waals surface area contributed by atoms with E-state index in [4.69, 9.17) is 0 Å². The lowest BCUT2D eigenvalue weighted by molar-refractivity contribution is 0.158. The zero-order valence-electron chi connectivity index (χ0n) is 11.5. The molecule has 0 aromatic carbocycles. The van der Waals surface area contributed by atoms with Crippen molar-refractivity contribution in [2.75, 3.05) is 33.2 Å². The van der Waals surface area contributed by atoms with Gasteiger partial charge in [-0.15, -0.1) is 0 Å². The van der Waals surface area contributed by atoms with Crippen LogP contribution in [-0.2, 0) is 0 Å². The number of rotatable bonds is 5. The highest BCUT2D eigenvalue weighted by atomic mass is 16.2. The number of urea groups is 1. The van der Waals surface area contributed by atoms with Crippen molar-refractivity contribution in [2.24, 2.45) is 0 Å². The Labute approximate surface area is 105 Å². The topological polar surface area (TPSA) is 35.6 Å². The molecule has 0 spiro atoms. The molecule has 0 bridgehead atoms. The van der Waals surface area contributed by atoms with Crippen molar-refractivity contribution >= 4 is 6.03 Å². The Morgan fingerprint density at radius 3 is 2.88 bits per heavy atom. The first kappa shape index (κ1) is 14.3. The molecule has 17 heavy (non-hydrogen) atoms. The molecule has 0 aliphatic carbocycles. The normalized spacial score (nSPS) is 21.2. The summed E-state index contributed by atoms with van der Waals surface area (Å²) < 4.78 is 0. The zero-order valence-corrected chi connectivity index (χ0v) is 11.5. The molecule has 0 radical (unpaired) electrons. The van der Waals surface area contributed by atoms with E-state index in [0.29, 0.717) is 0 Å². The molecule has 1 atom stereocenters. The first-order valence-electron chi connectivity index (χ1n) is 6.88. The summed E-state index contributed by atoms with van der Waals surface area (Å²) in [6.07, 6.45) is 5.07. The van der Waals surface area contributed by atoms with Crippen LogP contribution < -0.4 is 5.32 Å². The fraction of sp³-hybridized carbons (Fsp3) is 0.923. The average molecular weight is 241 g/mol. The minimum absolute atomic E-state index is 0.0409. The maximum absolute atomic E-state index is 11.5. The van der Waals surface area contributed by atoms with Crippen molar-refractivity contribution in [1.82, 2.24) is 15.1 Å². The highest BCUT2D eigenvalue weighted by molar-refractivity contribution is 5.73. The van der Waals surface area contributed by atoms with Gasteiger partial charge in [-0.3, -0.25) is 0 Å². The van der Waals surface area contributed by atoms with E-state index in [1.165, 1.54) is 25.8 Å². The molecule has 1 aliphatic heterocycles. The molecular formula is C13H27N3O. The molecule has 0 saturated carbocycles. The standard InChI is InChI=1S/C13H27N3O/c1-4-15(3)13(17)14-9-7-11-16-10-6-5-8-12(16)2/h12H,4-11H2,1-3H3,(H,14,17). The second-order valence-electron chi connectivity index (χ2n) is 4.98. The van der Waals surface area contributed by atoms with Crippen LogP contribution in [0.25, 0.3) is 0 Å². The van der Waals surface area contributed by atoms with Gasteiger partial charge in [0.05, 0.1) is 0 Å². The summed E-state index contributed by atoms with van der Waals surface area (Å²) in [6, 6.07) is 0.761. The molecular weight excluding hydrogens is 214 g/mol. The van der Waals surface area contributed by atoms with E-state index in [-0.39, 0.29) is 6.03 Å². The summed E-state index contributed by atoms with van der Waals surface area (Å²) in [5.41, 5.74) is 0. The van der Waals surface area contributed by atoms with Gasteiger partial charge in [0.25, 0.3) is 0 Å². The quantitative estimate of drug-likeness (QED) is 0.746. The van der Waals surface area contributed by atoms with E-state index >= 15 is 0 Å². The van der Waals surface area contributed by atoms with Crippen molar-refractivity contribution < 1.29 is 4.79 Å². The number of piperidine rings is 1. The second kappa shape index (κ2) is 7.54. The number of hydrogen-bond acceptors (Lipinski definition) is 2. The third-order valence-electron chi connectivity index (χ3n) is 3.66. The number of carbonyl (C=O) groups excluding carboxylic acids is 1. The molecule has 0 aromatic heterocycles. The number of nitrogens with one attached hydrogen (secondary N) is 1. The van der Waals surface area contributed by atoms with E-state index in [2.05, 4.69) is 17.1 Å². The van der Waals surface area contributed by atoms with Gasteiger partial charge in [0.15, 0.2) is 0 Å². The number of amides is 2. The van der Waals surface area contributed by atoms with Crippen LogP contribution >= 0.6 is 0 Å². The average Bonchev–Trinajstić information content (AvgIpc) is 2.35. The first-order valence-corrected chi connectivity index (χ1v) is 6.88. The van der Waals surface area contributed by atoms with Gasteiger partial charge in [0, 0.05) is 32.7 Å². The maximum Gasteiger partial charge on any atom is 0.317 e. The molecule has 4 nitrogen and oxygen atoms in total. The highest BCUT2D eigenvalue weighted by Crippen LogP contribution is 2.15. The van der Waals surface area contributed by atoms with Crippen LogP contribution in [-0.4, -0.2) is 55.1 Å². The van der Waals surface area contributed by atoms with Crippen molar-refractivity contribution in [3.63, 3.8) is 0 Å². The lowest BCUT2D eigenvalue weighted by Crippen LogP contribution is -2.41. The van der Waals surface area contributed by atoms with Gasteiger partial charge in [-0.2, -0.15) is 0 Å². The molecule has 1 aliphatic rings. The summed E-state index contributed by atoms with van der Waals surface area (Å²) in [6.45, 7) is 8.17. The van der Waals surface area contributed by atoms with Crippen molar-refractivity contribution in [3.8, 4) is 0 Å². The molecule has 1 heterocycles. The Morgan fingerprint density at radius 1 is 1.47 bits per heavy atom. The Balaban J connectivity index is 2.09. The van der Waals surface area contributed by atoms with Crippen LogP contribution in [0.15, 0.2) is 0 Å². The molecule has 1 fully saturated rings. The highest BCUT2D eigenvalue weighted by Gasteiger charge is 2.17. The molecule has 1 N–H and O–H groups in total. The van der Waals surface area contributed by atoms with E-state index in [1.54, 1.807) is 4.90 Å². The van der Waals surface area contributed by atoms with Crippen LogP contribution in [0.4, 0.5) is 4.79 Å². The lowest BCUT2D eigenvalue weighted by Gasteiger charge is -2.33. The van der Waals surface area contributed by atoms with E-state index in [0.717, 1.165) is 32.1 Å². The third kappa shape index (κ3) is 4.94. The van der Waals surface area contributed by atoms with Crippen molar-refractivity contribution in [2.45, 2.75) is 45.6 Å². The van der Waals surface area contributed by atoms with Gasteiger partial charge in [-0.05, 0) is 39.7 Å². The van der Waals surface area contributed by atoms with Gasteiger partial charge in [-0.1, -0.05) is 6.42 Å². The summed E-state index contributed by atoms with van der Waals surface area (Å²) >= 11 is 0. The van der Waals surface area contributed by atoms with Gasteiger partial charge in [0.2, 0.25) is 0 Å². The molecule has 1 saturated heterocycles. The van der Waals surface area contributed by atoms with Crippen LogP contribution in [0.2, 0.25) is 0 Å². The summed E-state index contributed by atoms with van der Waals surface area (Å²) in [5.74, 6) is 0. The third-order valence-corrected chi connectivity index (χ3v) is 3.66. The largest absolute Gasteiger partial charge is 0.338 e. The molecule has 0 aromatic rings. The number of nitrogens with zero attached hydrogens (tertiary/aromatic N) is 2. The summed E-state index contributed by atoms with van der Waals surface area (Å²) in [5, 5.41) is 2.95. The number of hydrogen-bond donors (Lipinski definition) is 1. The van der Waals surface area contributed by atoms with Gasteiger partial charge in [-0.25, -0.2) is 4.79 Å². The van der Waals surface area contributed by atoms with Gasteiger partial charge in [0.1, 0.15) is 0 Å². The van der Waals surface area contributed by atoms with E-state index in [1.807, 2.05) is 14.0 Å². The van der Waals surface area contributed by atoms with E-state index < -0.39 is 0 Å². The van der Waals surface area contributed by atoms with Crippen molar-refractivity contribution in [1.29, 1.82) is 0 Å². The smallest absolute Gasteiger partial charge is 0.317 e. The van der Waals surface area contributed by atoms with Gasteiger partial charge < -0.3 is 15.1 Å². The SMILES string of the molecule is CCN(C)C(=O)NCCCN1CCCCC1C. The predicted molar refractivity (Wildman–Crippen MR) is 71.2 cm³/mol. The Hall–Kier alpha value is -0.770. The lowest BCUT2D eigenvalue weighted by atomic mass is 10.0. The van der Waals surface area contributed by atoms with E-state index in [9.17, 15) is 4.79 Å². The van der Waals surface area contributed by atoms with Crippen LogP contribution in [0.1, 0.15) is 39.5 Å². The monoisotopic (exact) mass is 241 g/mol. The summed E-state index contributed by atoms with van der Waals surface area (Å²) in [7, 11) is 1.82. The fourth-order valence-corrected chi connectivity index (χ4v) is 2.25. The summed E-state index contributed by atoms with van der Waals surface area (Å²) in [4.78, 5) is 15.7. The molecule has 2 amide bonds. The first-order chi connectivity index (χ1) is 8.15. The van der Waals surface area contributed by atoms with Crippen LogP contribution in [0.5, 0.6) is 0 Å². The zero-order chi connectivity index (χ0) is 12.7. The molecule has 4 heteroatoms. The number of carbonyl (C=O) groups is 1. The molecule has 1 rings (SSSR count). The Kier molecular flexibility index (Phi) is 6.34. The van der Waals surface area contributed by atoms with Crippen LogP contribution in [0.3, 0.4) is 0 Å².